The van der Waals surface area contributed by atoms with Gasteiger partial charge < -0.3 is 11.1 Å². The van der Waals surface area contributed by atoms with Crippen LogP contribution >= 0.6 is 27.5 Å². The number of nitrogens with one attached hydrogen (secondary N) is 1. The van der Waals surface area contributed by atoms with Crippen molar-refractivity contribution in [1.29, 1.82) is 0 Å². The zero-order valence-corrected chi connectivity index (χ0v) is 12.8. The van der Waals surface area contributed by atoms with E-state index in [1.807, 2.05) is 0 Å². The summed E-state index contributed by atoms with van der Waals surface area (Å²) in [6.45, 7) is 0. The first kappa shape index (κ1) is 15.3. The number of nitro benzene ring substituents is 1. The molecule has 0 aliphatic heterocycles. The zero-order chi connectivity index (χ0) is 15.6. The third kappa shape index (κ3) is 3.50. The molecule has 2 aromatic rings. The van der Waals surface area contributed by atoms with E-state index in [-0.39, 0.29) is 22.0 Å². The van der Waals surface area contributed by atoms with E-state index in [0.717, 1.165) is 0 Å². The molecule has 2 aromatic carbocycles. The van der Waals surface area contributed by atoms with Crippen molar-refractivity contribution >= 4 is 50.5 Å². The molecule has 0 saturated carbocycles. The van der Waals surface area contributed by atoms with E-state index >= 15 is 0 Å². The van der Waals surface area contributed by atoms with Crippen LogP contribution in [0.5, 0.6) is 0 Å². The lowest BCUT2D eigenvalue weighted by Crippen LogP contribution is -2.13. The average Bonchev–Trinajstić information content (AvgIpc) is 2.43. The monoisotopic (exact) mass is 369 g/mol. The maximum absolute atomic E-state index is 12.1. The first-order valence-electron chi connectivity index (χ1n) is 5.69. The molecule has 0 unspecified atom stereocenters. The Hall–Kier alpha value is -2.12. The maximum Gasteiger partial charge on any atom is 0.293 e. The van der Waals surface area contributed by atoms with Crippen LogP contribution in [0.1, 0.15) is 10.4 Å². The van der Waals surface area contributed by atoms with Crippen LogP contribution in [-0.2, 0) is 0 Å². The van der Waals surface area contributed by atoms with Crippen LogP contribution in [-0.4, -0.2) is 10.8 Å². The summed E-state index contributed by atoms with van der Waals surface area (Å²) in [5.74, 6) is -0.512. The highest BCUT2D eigenvalue weighted by Gasteiger charge is 2.17. The number of carbonyl (C=O) groups is 1. The van der Waals surface area contributed by atoms with Crippen molar-refractivity contribution in [1.82, 2.24) is 0 Å². The summed E-state index contributed by atoms with van der Waals surface area (Å²) >= 11 is 8.99. The van der Waals surface area contributed by atoms with Crippen molar-refractivity contribution in [3.05, 3.63) is 61.6 Å². The van der Waals surface area contributed by atoms with Crippen LogP contribution in [0.25, 0.3) is 0 Å². The minimum atomic E-state index is -0.573. The Bertz CT molecular complexity index is 737. The van der Waals surface area contributed by atoms with E-state index in [0.29, 0.717) is 10.2 Å². The number of benzene rings is 2. The molecule has 0 aromatic heterocycles. The van der Waals surface area contributed by atoms with E-state index in [4.69, 9.17) is 17.3 Å². The molecule has 0 heterocycles. The normalized spacial score (nSPS) is 10.2. The molecule has 0 aliphatic rings. The Kier molecular flexibility index (Phi) is 4.44. The minimum absolute atomic E-state index is 0.0983. The van der Waals surface area contributed by atoms with Gasteiger partial charge in [0.1, 0.15) is 5.69 Å². The Morgan fingerprint density at radius 2 is 2.00 bits per heavy atom. The van der Waals surface area contributed by atoms with Crippen molar-refractivity contribution in [3.63, 3.8) is 0 Å². The number of hydrogen-bond donors (Lipinski definition) is 2. The number of nitrogens with two attached hydrogens (primary N) is 1. The predicted octanol–water partition coefficient (Wildman–Crippen LogP) is 3.85. The summed E-state index contributed by atoms with van der Waals surface area (Å²) in [5.41, 5.74) is 6.06. The highest BCUT2D eigenvalue weighted by molar-refractivity contribution is 9.10. The van der Waals surface area contributed by atoms with Crippen LogP contribution in [0.3, 0.4) is 0 Å². The third-order valence-corrected chi connectivity index (χ3v) is 3.49. The molecule has 108 valence electrons. The molecule has 0 radical (unpaired) electrons. The third-order valence-electron chi connectivity index (χ3n) is 2.67. The Labute approximate surface area is 133 Å². The first-order chi connectivity index (χ1) is 9.88. The number of carbonyl (C=O) groups excluding carboxylic acids is 1. The van der Waals surface area contributed by atoms with Gasteiger partial charge in [-0.25, -0.2) is 0 Å². The molecule has 0 fully saturated rings. The zero-order valence-electron chi connectivity index (χ0n) is 10.5. The van der Waals surface area contributed by atoms with Gasteiger partial charge in [-0.1, -0.05) is 27.5 Å². The second-order valence-corrected chi connectivity index (χ2v) is 5.43. The van der Waals surface area contributed by atoms with Crippen molar-refractivity contribution in [2.24, 2.45) is 0 Å². The number of nitrogens with zero attached hydrogens (tertiary/aromatic N) is 1. The van der Waals surface area contributed by atoms with Gasteiger partial charge in [0.2, 0.25) is 0 Å². The summed E-state index contributed by atoms with van der Waals surface area (Å²) in [6, 6.07) is 8.73. The topological polar surface area (TPSA) is 98.3 Å². The molecule has 0 spiro atoms. The van der Waals surface area contributed by atoms with E-state index in [2.05, 4.69) is 21.2 Å². The fourth-order valence-electron chi connectivity index (χ4n) is 1.62. The molecule has 3 N–H and O–H groups in total. The van der Waals surface area contributed by atoms with Gasteiger partial charge in [-0.05, 0) is 30.3 Å². The second-order valence-electron chi connectivity index (χ2n) is 4.11. The van der Waals surface area contributed by atoms with Gasteiger partial charge in [0.05, 0.1) is 15.6 Å². The molecule has 1 amide bonds. The van der Waals surface area contributed by atoms with Gasteiger partial charge in [-0.2, -0.15) is 0 Å². The average molecular weight is 371 g/mol. The summed E-state index contributed by atoms with van der Waals surface area (Å²) in [6.07, 6.45) is 0. The molecule has 0 bridgehead atoms. The SMILES string of the molecule is Nc1ccc(C(=O)Nc2ccc(Br)cc2[N+](=O)[O-])cc1Cl. The molecule has 0 saturated heterocycles. The van der Waals surface area contributed by atoms with E-state index in [1.54, 1.807) is 6.07 Å². The standard InChI is InChI=1S/C13H9BrClN3O3/c14-8-2-4-11(12(6-8)18(20)21)17-13(19)7-1-3-10(16)9(15)5-7/h1-6H,16H2,(H,17,19). The minimum Gasteiger partial charge on any atom is -0.398 e. The summed E-state index contributed by atoms with van der Waals surface area (Å²) in [5, 5.41) is 13.7. The maximum atomic E-state index is 12.1. The van der Waals surface area contributed by atoms with E-state index in [1.165, 1.54) is 30.3 Å². The van der Waals surface area contributed by atoms with Crippen LogP contribution in [0, 0.1) is 10.1 Å². The fraction of sp³-hybridized carbons (Fsp3) is 0. The number of hydrogen-bond acceptors (Lipinski definition) is 4. The molecular formula is C13H9BrClN3O3. The lowest BCUT2D eigenvalue weighted by atomic mass is 10.2. The highest BCUT2D eigenvalue weighted by atomic mass is 79.9. The van der Waals surface area contributed by atoms with E-state index in [9.17, 15) is 14.9 Å². The quantitative estimate of drug-likeness (QED) is 0.487. The molecule has 21 heavy (non-hydrogen) atoms. The van der Waals surface area contributed by atoms with Crippen LogP contribution < -0.4 is 11.1 Å². The van der Waals surface area contributed by atoms with Gasteiger partial charge in [-0.3, -0.25) is 14.9 Å². The Morgan fingerprint density at radius 3 is 2.62 bits per heavy atom. The molecule has 0 atom stereocenters. The van der Waals surface area contributed by atoms with Crippen LogP contribution in [0.2, 0.25) is 5.02 Å². The molecule has 8 heteroatoms. The number of nitrogen functional groups attached to an aromatic ring is 1. The Morgan fingerprint density at radius 1 is 1.29 bits per heavy atom. The molecule has 6 nitrogen and oxygen atoms in total. The van der Waals surface area contributed by atoms with E-state index < -0.39 is 10.8 Å². The van der Waals surface area contributed by atoms with Gasteiger partial charge in [0, 0.05) is 16.1 Å². The number of halogens is 2. The first-order valence-corrected chi connectivity index (χ1v) is 6.86. The number of rotatable bonds is 3. The van der Waals surface area contributed by atoms with Crippen molar-refractivity contribution in [3.8, 4) is 0 Å². The smallest absolute Gasteiger partial charge is 0.293 e. The Balaban J connectivity index is 2.31. The fourth-order valence-corrected chi connectivity index (χ4v) is 2.15. The molecule has 0 aliphatic carbocycles. The lowest BCUT2D eigenvalue weighted by Gasteiger charge is -2.07. The second kappa shape index (κ2) is 6.11. The van der Waals surface area contributed by atoms with Crippen LogP contribution in [0.15, 0.2) is 40.9 Å². The summed E-state index contributed by atoms with van der Waals surface area (Å²) in [7, 11) is 0. The van der Waals surface area contributed by atoms with Crippen molar-refractivity contribution < 1.29 is 9.72 Å². The number of nitro groups is 1. The van der Waals surface area contributed by atoms with Crippen molar-refractivity contribution in [2.75, 3.05) is 11.1 Å². The molecule has 2 rings (SSSR count). The van der Waals surface area contributed by atoms with Gasteiger partial charge in [-0.15, -0.1) is 0 Å². The molecular weight excluding hydrogens is 362 g/mol. The summed E-state index contributed by atoms with van der Waals surface area (Å²) in [4.78, 5) is 22.5. The van der Waals surface area contributed by atoms with Gasteiger partial charge in [0.25, 0.3) is 11.6 Å². The largest absolute Gasteiger partial charge is 0.398 e. The highest BCUT2D eigenvalue weighted by Crippen LogP contribution is 2.28. The predicted molar refractivity (Wildman–Crippen MR) is 84.6 cm³/mol. The van der Waals surface area contributed by atoms with Crippen molar-refractivity contribution in [2.45, 2.75) is 0 Å². The van der Waals surface area contributed by atoms with Gasteiger partial charge >= 0.3 is 0 Å². The summed E-state index contributed by atoms with van der Waals surface area (Å²) < 4.78 is 0.544. The number of anilines is 2. The number of amides is 1. The van der Waals surface area contributed by atoms with Crippen LogP contribution in [0.4, 0.5) is 17.1 Å². The van der Waals surface area contributed by atoms with Gasteiger partial charge in [0.15, 0.2) is 0 Å². The lowest BCUT2D eigenvalue weighted by molar-refractivity contribution is -0.384.